The highest BCUT2D eigenvalue weighted by Gasteiger charge is 2.49. The minimum Gasteiger partial charge on any atom is -0.395 e. The third-order valence-electron chi connectivity index (χ3n) is 6.45. The van der Waals surface area contributed by atoms with Gasteiger partial charge in [-0.25, -0.2) is 18.2 Å². The van der Waals surface area contributed by atoms with Gasteiger partial charge in [-0.1, -0.05) is 30.0 Å². The van der Waals surface area contributed by atoms with Gasteiger partial charge in [-0.3, -0.25) is 0 Å². The number of benzene rings is 3. The molecule has 0 amide bonds. The van der Waals surface area contributed by atoms with Gasteiger partial charge in [0.25, 0.3) is 0 Å². The molecule has 0 radical (unpaired) electrons. The van der Waals surface area contributed by atoms with Crippen molar-refractivity contribution in [3.05, 3.63) is 88.2 Å². The number of rotatable bonds is 8. The van der Waals surface area contributed by atoms with Crippen molar-refractivity contribution in [2.24, 2.45) is 11.0 Å². The minimum absolute atomic E-state index is 0.275. The average Bonchev–Trinajstić information content (AvgIpc) is 2.92. The highest BCUT2D eigenvalue weighted by molar-refractivity contribution is 7.99. The third kappa shape index (κ3) is 5.92. The lowest BCUT2D eigenvalue weighted by atomic mass is 9.96. The summed E-state index contributed by atoms with van der Waals surface area (Å²) < 4.78 is 46.7. The molecule has 5 atom stereocenters. The van der Waals surface area contributed by atoms with Crippen LogP contribution >= 0.6 is 11.8 Å². The number of nitrogens with zero attached hydrogens (tertiary/aromatic N) is 5. The Bertz CT molecular complexity index is 1450. The first-order valence-electron chi connectivity index (χ1n) is 12.0. The topological polar surface area (TPSA) is 151 Å². The van der Waals surface area contributed by atoms with Crippen LogP contribution in [0.4, 0.5) is 18.9 Å². The van der Waals surface area contributed by atoms with Gasteiger partial charge in [-0.05, 0) is 40.9 Å². The molecule has 4 rings (SSSR count). The molecule has 1 saturated heterocycles. The summed E-state index contributed by atoms with van der Waals surface area (Å²) >= 11 is 1.12. The van der Waals surface area contributed by atoms with E-state index >= 15 is 0 Å². The van der Waals surface area contributed by atoms with Gasteiger partial charge in [0.1, 0.15) is 29.9 Å². The van der Waals surface area contributed by atoms with Gasteiger partial charge >= 0.3 is 0 Å². The predicted octanol–water partition coefficient (Wildman–Crippen LogP) is 3.71. The van der Waals surface area contributed by atoms with Crippen molar-refractivity contribution in [1.29, 1.82) is 0 Å². The molecule has 0 aliphatic carbocycles. The number of fused-ring (bicyclic) bond motifs is 1. The number of thioether (sulfide) groups is 1. The van der Waals surface area contributed by atoms with Crippen LogP contribution in [0.5, 0.6) is 0 Å². The van der Waals surface area contributed by atoms with Crippen LogP contribution in [-0.4, -0.2) is 70.8 Å². The monoisotopic (exact) mass is 576 g/mol. The van der Waals surface area contributed by atoms with Gasteiger partial charge < -0.3 is 30.7 Å². The van der Waals surface area contributed by atoms with Crippen molar-refractivity contribution in [3.63, 3.8) is 0 Å². The molecule has 5 N–H and O–H groups in total. The summed E-state index contributed by atoms with van der Waals surface area (Å²) in [5.41, 5.74) is 14.4. The maximum absolute atomic E-state index is 13.8. The van der Waals surface area contributed by atoms with Crippen LogP contribution in [0.25, 0.3) is 26.9 Å². The van der Waals surface area contributed by atoms with E-state index in [0.29, 0.717) is 17.0 Å². The molecule has 1 aliphatic heterocycles. The Balaban J connectivity index is 1.67. The van der Waals surface area contributed by atoms with E-state index in [1.165, 1.54) is 0 Å². The Morgan fingerprint density at radius 3 is 2.45 bits per heavy atom. The number of hydrogen-bond acceptors (Lipinski definition) is 8. The standard InChI is InChI=1S/C26H27F3N6O4S/c1-34(2)20-5-3-4-13-8-15(6-7-16(13)20)40-26-25(38)23(24(37)21(12-36)39-26)35(33-32-31)11-19(30)14-9-17(27)22(29)18(28)10-14/h3-11,21,23-26,36-38H,12,30H2,1-2H3/b19-11-. The van der Waals surface area contributed by atoms with Crippen molar-refractivity contribution in [1.82, 2.24) is 5.01 Å². The van der Waals surface area contributed by atoms with Crippen LogP contribution in [0.2, 0.25) is 0 Å². The average molecular weight is 577 g/mol. The van der Waals surface area contributed by atoms with E-state index in [1.807, 2.05) is 55.4 Å². The first-order chi connectivity index (χ1) is 19.0. The fraction of sp³-hybridized carbons (Fsp3) is 0.308. The fourth-order valence-electron chi connectivity index (χ4n) is 4.48. The number of aliphatic hydroxyl groups is 3. The maximum atomic E-state index is 13.8. The van der Waals surface area contributed by atoms with E-state index in [-0.39, 0.29) is 11.3 Å². The number of halogens is 3. The molecule has 1 aliphatic rings. The first-order valence-corrected chi connectivity index (χ1v) is 12.9. The van der Waals surface area contributed by atoms with Crippen molar-refractivity contribution >= 4 is 33.9 Å². The largest absolute Gasteiger partial charge is 0.395 e. The lowest BCUT2D eigenvalue weighted by Gasteiger charge is -2.42. The Hall–Kier alpha value is -3.65. The van der Waals surface area contributed by atoms with Gasteiger partial charge in [0.05, 0.1) is 12.3 Å². The summed E-state index contributed by atoms with van der Waals surface area (Å²) in [6.07, 6.45) is -3.34. The Morgan fingerprint density at radius 1 is 1.12 bits per heavy atom. The lowest BCUT2D eigenvalue weighted by molar-refractivity contribution is -0.183. The van der Waals surface area contributed by atoms with E-state index in [2.05, 4.69) is 10.1 Å². The molecular formula is C26H27F3N6O4S. The lowest BCUT2D eigenvalue weighted by Crippen LogP contribution is -2.61. The normalized spacial score (nSPS) is 23.1. The zero-order valence-electron chi connectivity index (χ0n) is 21.4. The molecule has 10 nitrogen and oxygen atoms in total. The van der Waals surface area contributed by atoms with E-state index in [1.54, 1.807) is 0 Å². The van der Waals surface area contributed by atoms with E-state index in [4.69, 9.17) is 16.0 Å². The van der Waals surface area contributed by atoms with Gasteiger partial charge in [-0.2, -0.15) is 4.91 Å². The first kappa shape index (κ1) is 29.3. The van der Waals surface area contributed by atoms with Gasteiger partial charge in [-0.15, -0.1) is 5.53 Å². The zero-order chi connectivity index (χ0) is 29.1. The van der Waals surface area contributed by atoms with E-state index in [0.717, 1.165) is 39.4 Å². The summed E-state index contributed by atoms with van der Waals surface area (Å²) in [7, 11) is 3.87. The van der Waals surface area contributed by atoms with E-state index < -0.39 is 53.8 Å². The number of azide groups is 1. The third-order valence-corrected chi connectivity index (χ3v) is 7.60. The Kier molecular flexibility index (Phi) is 8.98. The van der Waals surface area contributed by atoms with Gasteiger partial charge in [0, 0.05) is 35.6 Å². The van der Waals surface area contributed by atoms with Crippen LogP contribution in [0.15, 0.2) is 64.8 Å². The molecule has 0 spiro atoms. The van der Waals surface area contributed by atoms with Crippen molar-refractivity contribution in [2.45, 2.75) is 34.7 Å². The van der Waals surface area contributed by atoms with Crippen LogP contribution in [0.3, 0.4) is 0 Å². The minimum atomic E-state index is -1.68. The summed E-state index contributed by atoms with van der Waals surface area (Å²) in [5, 5.41) is 38.2. The number of nitrogens with two attached hydrogens (primary N) is 1. The molecule has 3 aromatic rings. The van der Waals surface area contributed by atoms with Gasteiger partial charge in [0.15, 0.2) is 23.5 Å². The second kappa shape index (κ2) is 12.3. The van der Waals surface area contributed by atoms with Crippen molar-refractivity contribution in [3.8, 4) is 0 Å². The SMILES string of the molecule is CN(C)c1cccc2cc(SC3OC(CO)C(O)C(N(/C=C(\N)c4cc(F)c(F)c(F)c4)N=[N+]=[N-])C3O)ccc12. The van der Waals surface area contributed by atoms with Crippen molar-refractivity contribution in [2.75, 3.05) is 25.6 Å². The Labute approximate surface area is 231 Å². The second-order valence-corrected chi connectivity index (χ2v) is 10.4. The summed E-state index contributed by atoms with van der Waals surface area (Å²) in [5.74, 6) is -4.66. The summed E-state index contributed by atoms with van der Waals surface area (Å²) in [6.45, 7) is -0.636. The number of hydrogen-bond donors (Lipinski definition) is 4. The zero-order valence-corrected chi connectivity index (χ0v) is 22.2. The molecule has 14 heteroatoms. The van der Waals surface area contributed by atoms with Crippen molar-refractivity contribution < 1.29 is 33.2 Å². The number of anilines is 1. The second-order valence-electron chi connectivity index (χ2n) is 9.27. The Morgan fingerprint density at radius 2 is 1.82 bits per heavy atom. The van der Waals surface area contributed by atoms with Gasteiger partial charge in [0.2, 0.25) is 0 Å². The molecule has 212 valence electrons. The predicted molar refractivity (Wildman–Crippen MR) is 145 cm³/mol. The van der Waals surface area contributed by atoms with Crippen LogP contribution < -0.4 is 10.6 Å². The smallest absolute Gasteiger partial charge is 0.194 e. The molecule has 0 aromatic heterocycles. The van der Waals surface area contributed by atoms with E-state index in [9.17, 15) is 28.5 Å². The number of ether oxygens (including phenoxy) is 1. The summed E-state index contributed by atoms with van der Waals surface area (Å²) in [6, 6.07) is 11.4. The number of aliphatic hydroxyl groups excluding tert-OH is 3. The molecule has 1 fully saturated rings. The molecular weight excluding hydrogens is 549 g/mol. The highest BCUT2D eigenvalue weighted by Crippen LogP contribution is 2.38. The quantitative estimate of drug-likeness (QED) is 0.104. The molecule has 40 heavy (non-hydrogen) atoms. The maximum Gasteiger partial charge on any atom is 0.194 e. The molecule has 0 saturated carbocycles. The molecule has 3 aromatic carbocycles. The van der Waals surface area contributed by atoms with Crippen LogP contribution in [0, 0.1) is 17.5 Å². The summed E-state index contributed by atoms with van der Waals surface area (Å²) in [4.78, 5) is 5.39. The van der Waals surface area contributed by atoms with Crippen LogP contribution in [-0.2, 0) is 4.74 Å². The molecule has 5 unspecified atom stereocenters. The molecule has 0 bridgehead atoms. The van der Waals surface area contributed by atoms with Crippen LogP contribution in [0.1, 0.15) is 5.56 Å². The fourth-order valence-corrected chi connectivity index (χ4v) is 5.59. The highest BCUT2D eigenvalue weighted by atomic mass is 32.2. The molecule has 1 heterocycles.